The topological polar surface area (TPSA) is 112 Å². The third-order valence-corrected chi connectivity index (χ3v) is 5.43. The molecule has 0 radical (unpaired) electrons. The lowest BCUT2D eigenvalue weighted by atomic mass is 10.1. The highest BCUT2D eigenvalue weighted by atomic mass is 79.9. The molecule has 7 nitrogen and oxygen atoms in total. The third kappa shape index (κ3) is 4.51. The van der Waals surface area contributed by atoms with Crippen molar-refractivity contribution < 1.29 is 14.9 Å². The van der Waals surface area contributed by atoms with Gasteiger partial charge in [0, 0.05) is 21.1 Å². The van der Waals surface area contributed by atoms with Crippen LogP contribution in [0.25, 0.3) is 10.8 Å². The van der Waals surface area contributed by atoms with Gasteiger partial charge in [0.25, 0.3) is 0 Å². The predicted octanol–water partition coefficient (Wildman–Crippen LogP) is 6.42. The lowest BCUT2D eigenvalue weighted by molar-refractivity contribution is 0.202. The van der Waals surface area contributed by atoms with Crippen molar-refractivity contribution in [2.75, 3.05) is 18.2 Å². The Kier molecular flexibility index (Phi) is 6.25. The van der Waals surface area contributed by atoms with Crippen LogP contribution in [0.4, 0.5) is 22.7 Å². The van der Waals surface area contributed by atoms with E-state index in [1.54, 1.807) is 42.5 Å². The van der Waals surface area contributed by atoms with Crippen molar-refractivity contribution in [1.29, 1.82) is 0 Å². The molecule has 4 aromatic rings. The Labute approximate surface area is 193 Å². The molecule has 0 spiro atoms. The van der Waals surface area contributed by atoms with Gasteiger partial charge in [0.15, 0.2) is 12.0 Å². The fraction of sp³-hybridized carbons (Fsp3) is 0.0833. The number of nitrogens with zero attached hydrogens (tertiary/aromatic N) is 2. The molecule has 0 saturated carbocycles. The first-order valence-electron chi connectivity index (χ1n) is 9.76. The number of nitrogens with two attached hydrogens (primary N) is 1. The number of ether oxygens (including phenoxy) is 1. The van der Waals surface area contributed by atoms with E-state index in [4.69, 9.17) is 10.5 Å². The molecule has 5 N–H and O–H groups in total. The number of benzene rings is 4. The fourth-order valence-electron chi connectivity index (χ4n) is 3.32. The van der Waals surface area contributed by atoms with Crippen LogP contribution >= 0.6 is 15.9 Å². The first-order chi connectivity index (χ1) is 15.5. The molecule has 0 aliphatic heterocycles. The molecule has 162 valence electrons. The molecule has 0 aliphatic rings. The van der Waals surface area contributed by atoms with E-state index in [1.165, 1.54) is 7.11 Å². The summed E-state index contributed by atoms with van der Waals surface area (Å²) in [4.78, 5) is 0. The number of hydrogen-bond donors (Lipinski definition) is 4. The van der Waals surface area contributed by atoms with Gasteiger partial charge in [-0.1, -0.05) is 40.2 Å². The van der Waals surface area contributed by atoms with E-state index in [2.05, 4.69) is 31.5 Å². The maximum Gasteiger partial charge on any atom is 0.167 e. The van der Waals surface area contributed by atoms with Crippen molar-refractivity contribution in [1.82, 2.24) is 0 Å². The van der Waals surface area contributed by atoms with Gasteiger partial charge < -0.3 is 26.0 Å². The van der Waals surface area contributed by atoms with Crippen LogP contribution in [0.1, 0.15) is 11.8 Å². The molecule has 0 bridgehead atoms. The van der Waals surface area contributed by atoms with Crippen LogP contribution in [-0.4, -0.2) is 17.3 Å². The molecule has 4 rings (SSSR count). The van der Waals surface area contributed by atoms with E-state index in [9.17, 15) is 10.2 Å². The number of hydrogen-bond acceptors (Lipinski definition) is 7. The number of nitrogen functional groups attached to an aromatic ring is 1. The summed E-state index contributed by atoms with van der Waals surface area (Å²) in [7, 11) is 1.53. The number of methoxy groups -OCH3 is 1. The summed E-state index contributed by atoms with van der Waals surface area (Å²) in [6.07, 6.45) is -1.14. The number of phenolic OH excluding ortho intramolecular Hbond substituents is 1. The van der Waals surface area contributed by atoms with E-state index in [0.29, 0.717) is 28.4 Å². The number of aliphatic hydroxyl groups is 1. The van der Waals surface area contributed by atoms with Gasteiger partial charge in [-0.25, -0.2) is 0 Å². The molecule has 0 heterocycles. The van der Waals surface area contributed by atoms with Gasteiger partial charge in [0.2, 0.25) is 0 Å². The Morgan fingerprint density at radius 2 is 1.75 bits per heavy atom. The summed E-state index contributed by atoms with van der Waals surface area (Å²) >= 11 is 3.41. The fourth-order valence-corrected chi connectivity index (χ4v) is 3.70. The molecule has 8 heteroatoms. The maximum absolute atomic E-state index is 11.0. The molecular formula is C24H21BrN4O3. The van der Waals surface area contributed by atoms with Gasteiger partial charge in [-0.15, -0.1) is 5.11 Å². The van der Waals surface area contributed by atoms with Gasteiger partial charge in [-0.05, 0) is 53.9 Å². The minimum atomic E-state index is -1.14. The first-order valence-corrected chi connectivity index (χ1v) is 10.6. The summed E-state index contributed by atoms with van der Waals surface area (Å²) in [5, 5.41) is 34.9. The van der Waals surface area contributed by atoms with Crippen molar-refractivity contribution in [2.24, 2.45) is 10.2 Å². The summed E-state index contributed by atoms with van der Waals surface area (Å²) in [6.45, 7) is 0. The van der Waals surface area contributed by atoms with Crippen molar-refractivity contribution in [3.8, 4) is 11.5 Å². The molecule has 1 unspecified atom stereocenters. The van der Waals surface area contributed by atoms with Crippen LogP contribution in [0.15, 0.2) is 87.5 Å². The standard InChI is InChI=1S/C24H21BrN4O3/c1-32-21-11-6-15(25)13-19(21)24(31)27-20-12-14-4-2-3-5-18(14)22(23(20)30)29-28-17-9-7-16(26)8-10-17/h2-13,24,27,30-31H,26H2,1H3. The molecule has 0 aliphatic carbocycles. The molecule has 0 saturated heterocycles. The van der Waals surface area contributed by atoms with Crippen molar-refractivity contribution >= 4 is 49.5 Å². The second-order valence-electron chi connectivity index (χ2n) is 7.07. The number of rotatable bonds is 6. The zero-order valence-corrected chi connectivity index (χ0v) is 18.7. The minimum Gasteiger partial charge on any atom is -0.504 e. The number of fused-ring (bicyclic) bond motifs is 1. The van der Waals surface area contributed by atoms with E-state index < -0.39 is 6.23 Å². The molecule has 0 aromatic heterocycles. The molecule has 0 amide bonds. The van der Waals surface area contributed by atoms with Crippen molar-refractivity contribution in [2.45, 2.75) is 6.23 Å². The molecule has 1 atom stereocenters. The molecule has 0 fully saturated rings. The predicted molar refractivity (Wildman–Crippen MR) is 130 cm³/mol. The van der Waals surface area contributed by atoms with Crippen LogP contribution in [0.3, 0.4) is 0 Å². The van der Waals surface area contributed by atoms with Crippen molar-refractivity contribution in [3.05, 3.63) is 82.8 Å². The molecular weight excluding hydrogens is 472 g/mol. The highest BCUT2D eigenvalue weighted by Gasteiger charge is 2.18. The first kappa shape index (κ1) is 21.6. The van der Waals surface area contributed by atoms with E-state index in [0.717, 1.165) is 15.2 Å². The van der Waals surface area contributed by atoms with Gasteiger partial charge >= 0.3 is 0 Å². The van der Waals surface area contributed by atoms with Gasteiger partial charge in [0.05, 0.1) is 18.5 Å². The number of nitrogens with one attached hydrogen (secondary N) is 1. The lowest BCUT2D eigenvalue weighted by Crippen LogP contribution is -2.11. The Hall–Kier alpha value is -3.62. The van der Waals surface area contributed by atoms with Crippen LogP contribution in [0.2, 0.25) is 0 Å². The van der Waals surface area contributed by atoms with Crippen LogP contribution in [-0.2, 0) is 0 Å². The van der Waals surface area contributed by atoms with Crippen LogP contribution in [0, 0.1) is 0 Å². The third-order valence-electron chi connectivity index (χ3n) is 4.93. The molecule has 4 aromatic carbocycles. The highest BCUT2D eigenvalue weighted by Crippen LogP contribution is 2.43. The summed E-state index contributed by atoms with van der Waals surface area (Å²) in [6, 6.07) is 21.5. The van der Waals surface area contributed by atoms with E-state index >= 15 is 0 Å². The number of aliphatic hydroxyl groups excluding tert-OH is 1. The van der Waals surface area contributed by atoms with Gasteiger partial charge in [-0.3, -0.25) is 0 Å². The van der Waals surface area contributed by atoms with Crippen molar-refractivity contribution in [3.63, 3.8) is 0 Å². The van der Waals surface area contributed by atoms with E-state index in [1.807, 2.05) is 30.3 Å². The number of phenols is 1. The number of azo groups is 1. The zero-order chi connectivity index (χ0) is 22.7. The minimum absolute atomic E-state index is 0.129. The quantitative estimate of drug-likeness (QED) is 0.107. The Morgan fingerprint density at radius 1 is 1.00 bits per heavy atom. The van der Waals surface area contributed by atoms with Crippen LogP contribution in [0.5, 0.6) is 11.5 Å². The lowest BCUT2D eigenvalue weighted by Gasteiger charge is -2.19. The monoisotopic (exact) mass is 492 g/mol. The summed E-state index contributed by atoms with van der Waals surface area (Å²) in [5.41, 5.74) is 8.05. The normalized spacial score (nSPS) is 12.2. The molecule has 32 heavy (non-hydrogen) atoms. The smallest absolute Gasteiger partial charge is 0.167 e. The van der Waals surface area contributed by atoms with Gasteiger partial charge in [-0.2, -0.15) is 5.11 Å². The Bertz CT molecular complexity index is 1290. The zero-order valence-electron chi connectivity index (χ0n) is 17.2. The second kappa shape index (κ2) is 9.25. The summed E-state index contributed by atoms with van der Waals surface area (Å²) < 4.78 is 6.14. The Morgan fingerprint density at radius 3 is 2.50 bits per heavy atom. The Balaban J connectivity index is 1.75. The van der Waals surface area contributed by atoms with E-state index in [-0.39, 0.29) is 11.4 Å². The number of anilines is 2. The second-order valence-corrected chi connectivity index (χ2v) is 7.98. The summed E-state index contributed by atoms with van der Waals surface area (Å²) in [5.74, 6) is 0.382. The largest absolute Gasteiger partial charge is 0.504 e. The average Bonchev–Trinajstić information content (AvgIpc) is 2.80. The highest BCUT2D eigenvalue weighted by molar-refractivity contribution is 9.10. The SMILES string of the molecule is COc1ccc(Br)cc1C(O)Nc1cc2ccccc2c(N=Nc2ccc(N)cc2)c1O. The van der Waals surface area contributed by atoms with Crippen LogP contribution < -0.4 is 15.8 Å². The number of aromatic hydroxyl groups is 1. The van der Waals surface area contributed by atoms with Gasteiger partial charge in [0.1, 0.15) is 11.4 Å². The maximum atomic E-state index is 11.0. The number of halogens is 1. The average molecular weight is 493 g/mol.